The minimum atomic E-state index is 0.356. The Morgan fingerprint density at radius 3 is 3.00 bits per heavy atom. The number of aryl methyl sites for hydroxylation is 1. The molecule has 1 heterocycles. The van der Waals surface area contributed by atoms with Gasteiger partial charge in [-0.2, -0.15) is 4.37 Å². The molecular formula is C9H15N3S2. The smallest absolute Gasteiger partial charge is 0.170 e. The molecule has 1 aliphatic carbocycles. The molecule has 0 radical (unpaired) electrons. The van der Waals surface area contributed by atoms with E-state index in [1.807, 2.05) is 11.8 Å². The van der Waals surface area contributed by atoms with Crippen LogP contribution in [0.1, 0.15) is 32.0 Å². The molecule has 1 aliphatic rings. The molecule has 0 aliphatic heterocycles. The molecule has 2 N–H and O–H groups in total. The quantitative estimate of drug-likeness (QED) is 0.862. The van der Waals surface area contributed by atoms with E-state index in [0.29, 0.717) is 11.3 Å². The standard InChI is InChI=1S/C9H15N3S2/c1-2-8-11-9(14-12-8)13-7-5-3-4-6(7)10/h6-7H,2-5,10H2,1H3. The van der Waals surface area contributed by atoms with Gasteiger partial charge in [0.15, 0.2) is 4.34 Å². The molecule has 2 unspecified atom stereocenters. The van der Waals surface area contributed by atoms with Gasteiger partial charge < -0.3 is 5.73 Å². The van der Waals surface area contributed by atoms with Crippen molar-refractivity contribution in [2.45, 2.75) is 48.2 Å². The van der Waals surface area contributed by atoms with Gasteiger partial charge in [-0.25, -0.2) is 4.98 Å². The summed E-state index contributed by atoms with van der Waals surface area (Å²) in [5.41, 5.74) is 6.00. The molecule has 0 aromatic carbocycles. The number of nitrogens with zero attached hydrogens (tertiary/aromatic N) is 2. The Kier molecular flexibility index (Phi) is 3.41. The maximum absolute atomic E-state index is 6.00. The Balaban J connectivity index is 1.96. The molecule has 1 aromatic heterocycles. The van der Waals surface area contributed by atoms with Crippen LogP contribution in [0.5, 0.6) is 0 Å². The monoisotopic (exact) mass is 229 g/mol. The molecule has 5 heteroatoms. The molecule has 2 rings (SSSR count). The topological polar surface area (TPSA) is 51.8 Å². The van der Waals surface area contributed by atoms with Crippen LogP contribution in [0.4, 0.5) is 0 Å². The Bertz CT molecular complexity index is 300. The number of aromatic nitrogens is 2. The van der Waals surface area contributed by atoms with Crippen molar-refractivity contribution < 1.29 is 0 Å². The van der Waals surface area contributed by atoms with Crippen molar-refractivity contribution in [3.8, 4) is 0 Å². The first-order valence-electron chi connectivity index (χ1n) is 5.04. The zero-order valence-electron chi connectivity index (χ0n) is 8.27. The first kappa shape index (κ1) is 10.4. The van der Waals surface area contributed by atoms with E-state index >= 15 is 0 Å². The van der Waals surface area contributed by atoms with E-state index in [4.69, 9.17) is 5.73 Å². The van der Waals surface area contributed by atoms with Gasteiger partial charge in [-0.15, -0.1) is 0 Å². The number of rotatable bonds is 3. The lowest BCUT2D eigenvalue weighted by molar-refractivity contribution is 0.716. The van der Waals surface area contributed by atoms with Gasteiger partial charge in [0.05, 0.1) is 0 Å². The highest BCUT2D eigenvalue weighted by Gasteiger charge is 2.25. The highest BCUT2D eigenvalue weighted by molar-refractivity contribution is 8.01. The Hall–Kier alpha value is -0.130. The molecule has 0 bridgehead atoms. The second-order valence-electron chi connectivity index (χ2n) is 3.58. The first-order valence-corrected chi connectivity index (χ1v) is 6.69. The minimum Gasteiger partial charge on any atom is -0.327 e. The van der Waals surface area contributed by atoms with Gasteiger partial charge in [0.1, 0.15) is 5.82 Å². The maximum atomic E-state index is 6.00. The lowest BCUT2D eigenvalue weighted by Crippen LogP contribution is -2.26. The summed E-state index contributed by atoms with van der Waals surface area (Å²) in [6.07, 6.45) is 4.58. The van der Waals surface area contributed by atoms with Crippen LogP contribution in [0.3, 0.4) is 0 Å². The summed E-state index contributed by atoms with van der Waals surface area (Å²) >= 11 is 3.32. The van der Waals surface area contributed by atoms with E-state index < -0.39 is 0 Å². The lowest BCUT2D eigenvalue weighted by atomic mass is 10.3. The lowest BCUT2D eigenvalue weighted by Gasteiger charge is -2.11. The van der Waals surface area contributed by atoms with Crippen LogP contribution in [0.15, 0.2) is 4.34 Å². The van der Waals surface area contributed by atoms with E-state index in [9.17, 15) is 0 Å². The highest BCUT2D eigenvalue weighted by Crippen LogP contribution is 2.34. The van der Waals surface area contributed by atoms with Crippen LogP contribution < -0.4 is 5.73 Å². The van der Waals surface area contributed by atoms with Gasteiger partial charge in [0.2, 0.25) is 0 Å². The summed E-state index contributed by atoms with van der Waals surface area (Å²) in [6, 6.07) is 0.356. The number of thioether (sulfide) groups is 1. The summed E-state index contributed by atoms with van der Waals surface area (Å²) < 4.78 is 5.36. The molecule has 1 saturated carbocycles. The fraction of sp³-hybridized carbons (Fsp3) is 0.778. The molecule has 78 valence electrons. The SMILES string of the molecule is CCc1nsc(SC2CCCC2N)n1. The molecule has 1 fully saturated rings. The van der Waals surface area contributed by atoms with Crippen LogP contribution >= 0.6 is 23.3 Å². The van der Waals surface area contributed by atoms with E-state index in [1.165, 1.54) is 24.4 Å². The molecule has 3 nitrogen and oxygen atoms in total. The Morgan fingerprint density at radius 2 is 2.43 bits per heavy atom. The second kappa shape index (κ2) is 4.59. The number of nitrogens with two attached hydrogens (primary N) is 1. The molecule has 0 amide bonds. The fourth-order valence-corrected chi connectivity index (χ4v) is 3.83. The van der Waals surface area contributed by atoms with Gasteiger partial charge in [-0.05, 0) is 24.4 Å². The summed E-state index contributed by atoms with van der Waals surface area (Å²) in [5.74, 6) is 0.962. The van der Waals surface area contributed by atoms with Gasteiger partial charge in [-0.1, -0.05) is 25.1 Å². The molecular weight excluding hydrogens is 214 g/mol. The summed E-state index contributed by atoms with van der Waals surface area (Å²) in [7, 11) is 0. The van der Waals surface area contributed by atoms with E-state index in [1.54, 1.807) is 0 Å². The predicted molar refractivity (Wildman–Crippen MR) is 60.8 cm³/mol. The van der Waals surface area contributed by atoms with Crippen molar-refractivity contribution in [2.24, 2.45) is 5.73 Å². The van der Waals surface area contributed by atoms with Gasteiger partial charge in [0.25, 0.3) is 0 Å². The Labute approximate surface area is 92.7 Å². The second-order valence-corrected chi connectivity index (χ2v) is 5.82. The van der Waals surface area contributed by atoms with Crippen molar-refractivity contribution in [3.63, 3.8) is 0 Å². The van der Waals surface area contributed by atoms with E-state index in [0.717, 1.165) is 23.0 Å². The van der Waals surface area contributed by atoms with Crippen LogP contribution in [-0.4, -0.2) is 20.6 Å². The van der Waals surface area contributed by atoms with Crippen molar-refractivity contribution in [1.82, 2.24) is 9.36 Å². The third kappa shape index (κ3) is 2.27. The number of hydrogen-bond donors (Lipinski definition) is 1. The van der Waals surface area contributed by atoms with Crippen LogP contribution in [0.2, 0.25) is 0 Å². The molecule has 14 heavy (non-hydrogen) atoms. The average molecular weight is 229 g/mol. The van der Waals surface area contributed by atoms with Gasteiger partial charge in [-0.3, -0.25) is 0 Å². The van der Waals surface area contributed by atoms with Crippen molar-refractivity contribution >= 4 is 23.3 Å². The minimum absolute atomic E-state index is 0.356. The zero-order chi connectivity index (χ0) is 9.97. The first-order chi connectivity index (χ1) is 6.79. The van der Waals surface area contributed by atoms with E-state index in [2.05, 4.69) is 16.3 Å². The molecule has 1 aromatic rings. The van der Waals surface area contributed by atoms with Crippen LogP contribution in [-0.2, 0) is 6.42 Å². The molecule has 0 saturated heterocycles. The summed E-state index contributed by atoms with van der Waals surface area (Å²) in [5, 5.41) is 0.563. The predicted octanol–water partition coefficient (Wildman–Crippen LogP) is 2.07. The van der Waals surface area contributed by atoms with E-state index in [-0.39, 0.29) is 0 Å². The highest BCUT2D eigenvalue weighted by atomic mass is 32.2. The summed E-state index contributed by atoms with van der Waals surface area (Å²) in [4.78, 5) is 4.44. The van der Waals surface area contributed by atoms with Crippen molar-refractivity contribution in [1.29, 1.82) is 0 Å². The average Bonchev–Trinajstić information content (AvgIpc) is 2.77. The largest absolute Gasteiger partial charge is 0.327 e. The normalized spacial score (nSPS) is 27.0. The zero-order valence-corrected chi connectivity index (χ0v) is 9.90. The summed E-state index contributed by atoms with van der Waals surface area (Å²) in [6.45, 7) is 2.08. The van der Waals surface area contributed by atoms with Gasteiger partial charge >= 0.3 is 0 Å². The van der Waals surface area contributed by atoms with Crippen LogP contribution in [0, 0.1) is 0 Å². The van der Waals surface area contributed by atoms with Gasteiger partial charge in [0, 0.05) is 17.7 Å². The number of hydrogen-bond acceptors (Lipinski definition) is 5. The molecule has 2 atom stereocenters. The third-order valence-electron chi connectivity index (χ3n) is 2.52. The third-order valence-corrected chi connectivity index (χ3v) is 4.76. The fourth-order valence-electron chi connectivity index (χ4n) is 1.66. The maximum Gasteiger partial charge on any atom is 0.170 e. The van der Waals surface area contributed by atoms with Crippen molar-refractivity contribution in [2.75, 3.05) is 0 Å². The Morgan fingerprint density at radius 1 is 1.57 bits per heavy atom. The van der Waals surface area contributed by atoms with Crippen molar-refractivity contribution in [3.05, 3.63) is 5.82 Å². The van der Waals surface area contributed by atoms with Crippen LogP contribution in [0.25, 0.3) is 0 Å². The molecule has 0 spiro atoms.